The van der Waals surface area contributed by atoms with Gasteiger partial charge in [-0.2, -0.15) is 0 Å². The Balaban J connectivity index is 1.47. The van der Waals surface area contributed by atoms with E-state index in [9.17, 15) is 4.79 Å². The number of hydrogen-bond acceptors (Lipinski definition) is 3. The molecule has 1 saturated heterocycles. The smallest absolute Gasteiger partial charge is 0.224 e. The van der Waals surface area contributed by atoms with E-state index in [2.05, 4.69) is 5.32 Å². The highest BCUT2D eigenvalue weighted by atomic mass is 16.7. The Labute approximate surface area is 136 Å². The fraction of sp³-hybridized carbons (Fsp3) is 0.316. The lowest BCUT2D eigenvalue weighted by molar-refractivity contribution is -0.195. The van der Waals surface area contributed by atoms with Gasteiger partial charge in [-0.1, -0.05) is 60.2 Å². The number of ether oxygens (including phenoxy) is 2. The van der Waals surface area contributed by atoms with Crippen LogP contribution in [0.3, 0.4) is 0 Å². The monoisotopic (exact) mass is 311 g/mol. The third-order valence-corrected chi connectivity index (χ3v) is 3.82. The molecule has 4 heteroatoms. The number of aryl methyl sites for hydroxylation is 1. The fourth-order valence-electron chi connectivity index (χ4n) is 2.56. The summed E-state index contributed by atoms with van der Waals surface area (Å²) in [6.45, 7) is 2.96. The van der Waals surface area contributed by atoms with Crippen molar-refractivity contribution in [3.63, 3.8) is 0 Å². The van der Waals surface area contributed by atoms with E-state index in [4.69, 9.17) is 9.47 Å². The number of nitrogens with one attached hydrogen (secondary N) is 1. The molecule has 0 bridgehead atoms. The van der Waals surface area contributed by atoms with Gasteiger partial charge in [0.2, 0.25) is 5.91 Å². The summed E-state index contributed by atoms with van der Waals surface area (Å²) in [6.07, 6.45) is 0.0246. The van der Waals surface area contributed by atoms with E-state index in [0.29, 0.717) is 19.6 Å². The summed E-state index contributed by atoms with van der Waals surface area (Å²) in [5.74, 6) is -0.0119. The van der Waals surface area contributed by atoms with E-state index in [1.54, 1.807) is 0 Å². The van der Waals surface area contributed by atoms with Crippen molar-refractivity contribution in [1.29, 1.82) is 0 Å². The number of carbonyl (C=O) groups is 1. The van der Waals surface area contributed by atoms with Gasteiger partial charge in [0.15, 0.2) is 6.29 Å². The van der Waals surface area contributed by atoms with E-state index in [0.717, 1.165) is 11.1 Å². The van der Waals surface area contributed by atoms with E-state index in [1.807, 2.05) is 61.5 Å². The Kier molecular flexibility index (Phi) is 5.05. The molecule has 0 spiro atoms. The second-order valence-corrected chi connectivity index (χ2v) is 5.84. The van der Waals surface area contributed by atoms with Gasteiger partial charge in [-0.3, -0.25) is 4.79 Å². The molecule has 0 unspecified atom stereocenters. The second kappa shape index (κ2) is 7.40. The van der Waals surface area contributed by atoms with Gasteiger partial charge in [0, 0.05) is 5.56 Å². The van der Waals surface area contributed by atoms with Gasteiger partial charge >= 0.3 is 0 Å². The standard InChI is InChI=1S/C19H21NO3/c1-14-7-9-16(10-8-14)19-22-12-17(13-23-19)20-18(21)11-15-5-3-2-4-6-15/h2-10,17,19H,11-13H2,1H3,(H,20,21). The summed E-state index contributed by atoms with van der Waals surface area (Å²) in [6, 6.07) is 17.7. The average Bonchev–Trinajstić information content (AvgIpc) is 2.57. The van der Waals surface area contributed by atoms with Crippen molar-refractivity contribution in [3.8, 4) is 0 Å². The lowest BCUT2D eigenvalue weighted by Gasteiger charge is -2.30. The third-order valence-electron chi connectivity index (χ3n) is 3.82. The predicted molar refractivity (Wildman–Crippen MR) is 87.9 cm³/mol. The molecule has 1 heterocycles. The maximum Gasteiger partial charge on any atom is 0.224 e. The van der Waals surface area contributed by atoms with Crippen LogP contribution in [0.25, 0.3) is 0 Å². The zero-order valence-corrected chi connectivity index (χ0v) is 13.2. The van der Waals surface area contributed by atoms with Crippen LogP contribution < -0.4 is 5.32 Å². The molecule has 1 N–H and O–H groups in total. The topological polar surface area (TPSA) is 47.6 Å². The van der Waals surface area contributed by atoms with Crippen molar-refractivity contribution >= 4 is 5.91 Å². The molecule has 4 nitrogen and oxygen atoms in total. The van der Waals surface area contributed by atoms with E-state index in [-0.39, 0.29) is 18.2 Å². The van der Waals surface area contributed by atoms with Crippen LogP contribution in [0.4, 0.5) is 0 Å². The molecule has 0 saturated carbocycles. The van der Waals surface area contributed by atoms with Gasteiger partial charge in [-0.15, -0.1) is 0 Å². The molecule has 1 fully saturated rings. The first-order chi connectivity index (χ1) is 11.2. The summed E-state index contributed by atoms with van der Waals surface area (Å²) in [4.78, 5) is 12.0. The van der Waals surface area contributed by atoms with Crippen molar-refractivity contribution in [2.75, 3.05) is 13.2 Å². The number of hydrogen-bond donors (Lipinski definition) is 1. The molecule has 0 aromatic heterocycles. The molecule has 23 heavy (non-hydrogen) atoms. The maximum atomic E-state index is 12.0. The molecule has 3 rings (SSSR count). The molecule has 0 aliphatic carbocycles. The van der Waals surface area contributed by atoms with Crippen molar-refractivity contribution in [3.05, 3.63) is 71.3 Å². The van der Waals surface area contributed by atoms with Crippen molar-refractivity contribution in [1.82, 2.24) is 5.32 Å². The highest BCUT2D eigenvalue weighted by Gasteiger charge is 2.24. The predicted octanol–water partition coefficient (Wildman–Crippen LogP) is 2.77. The number of rotatable bonds is 4. The van der Waals surface area contributed by atoms with Crippen LogP contribution in [-0.2, 0) is 20.7 Å². The number of carbonyl (C=O) groups excluding carboxylic acids is 1. The minimum atomic E-state index is -0.349. The Morgan fingerprint density at radius 3 is 2.35 bits per heavy atom. The van der Waals surface area contributed by atoms with Gasteiger partial charge in [0.1, 0.15) is 0 Å². The Bertz CT molecular complexity index is 631. The van der Waals surface area contributed by atoms with Gasteiger partial charge in [0.25, 0.3) is 0 Å². The largest absolute Gasteiger partial charge is 0.348 e. The molecule has 1 amide bonds. The molecular formula is C19H21NO3. The second-order valence-electron chi connectivity index (χ2n) is 5.84. The SMILES string of the molecule is Cc1ccc(C2OCC(NC(=O)Cc3ccccc3)CO2)cc1. The number of amides is 1. The molecule has 1 aliphatic heterocycles. The highest BCUT2D eigenvalue weighted by Crippen LogP contribution is 2.23. The summed E-state index contributed by atoms with van der Waals surface area (Å²) in [5, 5.41) is 2.96. The van der Waals surface area contributed by atoms with Crippen LogP contribution >= 0.6 is 0 Å². The van der Waals surface area contributed by atoms with Crippen molar-refractivity contribution in [2.24, 2.45) is 0 Å². The lowest BCUT2D eigenvalue weighted by atomic mass is 10.1. The van der Waals surface area contributed by atoms with Crippen molar-refractivity contribution in [2.45, 2.75) is 25.7 Å². The van der Waals surface area contributed by atoms with Crippen molar-refractivity contribution < 1.29 is 14.3 Å². The summed E-state index contributed by atoms with van der Waals surface area (Å²) in [5.41, 5.74) is 3.21. The zero-order chi connectivity index (χ0) is 16.1. The average molecular weight is 311 g/mol. The van der Waals surface area contributed by atoms with E-state index < -0.39 is 0 Å². The fourth-order valence-corrected chi connectivity index (χ4v) is 2.56. The van der Waals surface area contributed by atoms with E-state index >= 15 is 0 Å². The minimum absolute atomic E-state index is 0.0119. The first-order valence-corrected chi connectivity index (χ1v) is 7.84. The Morgan fingerprint density at radius 2 is 1.70 bits per heavy atom. The van der Waals surface area contributed by atoms with Gasteiger partial charge < -0.3 is 14.8 Å². The summed E-state index contributed by atoms with van der Waals surface area (Å²) in [7, 11) is 0. The van der Waals surface area contributed by atoms with E-state index in [1.165, 1.54) is 5.56 Å². The Morgan fingerprint density at radius 1 is 1.04 bits per heavy atom. The van der Waals surface area contributed by atoms with Gasteiger partial charge in [0.05, 0.1) is 25.7 Å². The third kappa shape index (κ3) is 4.41. The maximum absolute atomic E-state index is 12.0. The summed E-state index contributed by atoms with van der Waals surface area (Å²) >= 11 is 0. The van der Waals surface area contributed by atoms with Crippen LogP contribution in [0.1, 0.15) is 23.0 Å². The van der Waals surface area contributed by atoms with Crippen LogP contribution in [0.2, 0.25) is 0 Å². The first-order valence-electron chi connectivity index (χ1n) is 7.84. The molecule has 1 aliphatic rings. The molecular weight excluding hydrogens is 290 g/mol. The van der Waals surface area contributed by atoms with Crippen LogP contribution in [0.15, 0.2) is 54.6 Å². The normalized spacial score (nSPS) is 20.9. The molecule has 0 radical (unpaired) electrons. The summed E-state index contributed by atoms with van der Waals surface area (Å²) < 4.78 is 11.5. The zero-order valence-electron chi connectivity index (χ0n) is 13.2. The van der Waals surface area contributed by atoms with Gasteiger partial charge in [-0.05, 0) is 12.5 Å². The number of benzene rings is 2. The highest BCUT2D eigenvalue weighted by molar-refractivity contribution is 5.78. The first kappa shape index (κ1) is 15.7. The van der Waals surface area contributed by atoms with Crippen LogP contribution in [-0.4, -0.2) is 25.2 Å². The molecule has 120 valence electrons. The molecule has 2 aromatic carbocycles. The lowest BCUT2D eigenvalue weighted by Crippen LogP contribution is -2.45. The quantitative estimate of drug-likeness (QED) is 0.944. The van der Waals surface area contributed by atoms with Gasteiger partial charge in [-0.25, -0.2) is 0 Å². The minimum Gasteiger partial charge on any atom is -0.348 e. The molecule has 0 atom stereocenters. The molecule has 2 aromatic rings. The van der Waals surface area contributed by atoms with Crippen LogP contribution in [0.5, 0.6) is 0 Å². The van der Waals surface area contributed by atoms with Crippen LogP contribution in [0, 0.1) is 6.92 Å². The Hall–Kier alpha value is -2.17.